The van der Waals surface area contributed by atoms with Crippen LogP contribution in [0.2, 0.25) is 0 Å². The molecule has 0 radical (unpaired) electrons. The van der Waals surface area contributed by atoms with Gasteiger partial charge >= 0.3 is 5.97 Å². The summed E-state index contributed by atoms with van der Waals surface area (Å²) in [6.45, 7) is 11.5. The van der Waals surface area contributed by atoms with Crippen molar-refractivity contribution in [2.24, 2.45) is 5.92 Å². The first-order valence-electron chi connectivity index (χ1n) is 8.19. The number of hydrogen-bond donors (Lipinski definition) is 2. The number of rotatable bonds is 8. The molecule has 0 amide bonds. The first-order valence-corrected chi connectivity index (χ1v) is 8.19. The summed E-state index contributed by atoms with van der Waals surface area (Å²) in [4.78, 5) is 14.1. The fourth-order valence-electron chi connectivity index (χ4n) is 3.38. The number of hydrogen-bond acceptors (Lipinski definition) is 3. The summed E-state index contributed by atoms with van der Waals surface area (Å²) in [7, 11) is 0. The van der Waals surface area contributed by atoms with Gasteiger partial charge in [-0.1, -0.05) is 20.8 Å². The predicted molar refractivity (Wildman–Crippen MR) is 83.0 cm³/mol. The van der Waals surface area contributed by atoms with E-state index in [4.69, 9.17) is 0 Å². The van der Waals surface area contributed by atoms with E-state index < -0.39 is 11.5 Å². The number of aliphatic carboxylic acids is 1. The third kappa shape index (κ3) is 4.19. The second-order valence-electron chi connectivity index (χ2n) is 6.27. The number of likely N-dealkylation sites (N-methyl/N-ethyl adjacent to an activating group) is 1. The van der Waals surface area contributed by atoms with E-state index in [9.17, 15) is 9.90 Å². The van der Waals surface area contributed by atoms with Crippen LogP contribution in [0.1, 0.15) is 59.8 Å². The zero-order valence-corrected chi connectivity index (χ0v) is 13.6. The molecule has 0 aromatic heterocycles. The Morgan fingerprint density at radius 2 is 2.10 bits per heavy atom. The maximum absolute atomic E-state index is 11.6. The molecule has 118 valence electrons. The number of carbonyl (C=O) groups is 1. The summed E-state index contributed by atoms with van der Waals surface area (Å²) >= 11 is 0. The standard InChI is InChI=1S/C16H32N2O2/c1-5-16(15(19)20,17-6-2)10-8-12-18-11-7-9-13(3)14(18)4/h13-14,17H,5-12H2,1-4H3,(H,19,20). The van der Waals surface area contributed by atoms with E-state index in [2.05, 4.69) is 24.1 Å². The summed E-state index contributed by atoms with van der Waals surface area (Å²) in [5, 5.41) is 12.7. The average molecular weight is 284 g/mol. The molecular formula is C16H32N2O2. The molecule has 0 aromatic carbocycles. The largest absolute Gasteiger partial charge is 0.480 e. The Morgan fingerprint density at radius 1 is 1.40 bits per heavy atom. The van der Waals surface area contributed by atoms with Crippen LogP contribution in [0.25, 0.3) is 0 Å². The van der Waals surface area contributed by atoms with Gasteiger partial charge in [-0.25, -0.2) is 0 Å². The highest BCUT2D eigenvalue weighted by molar-refractivity contribution is 5.78. The molecule has 3 unspecified atom stereocenters. The van der Waals surface area contributed by atoms with Crippen LogP contribution in [0.4, 0.5) is 0 Å². The molecular weight excluding hydrogens is 252 g/mol. The zero-order valence-electron chi connectivity index (χ0n) is 13.6. The molecule has 0 saturated carbocycles. The Balaban J connectivity index is 2.49. The first-order chi connectivity index (χ1) is 9.46. The lowest BCUT2D eigenvalue weighted by Gasteiger charge is -2.38. The van der Waals surface area contributed by atoms with Crippen LogP contribution in [0.3, 0.4) is 0 Å². The van der Waals surface area contributed by atoms with Crippen molar-refractivity contribution in [3.8, 4) is 0 Å². The third-order valence-corrected chi connectivity index (χ3v) is 5.08. The second kappa shape index (κ2) is 7.99. The van der Waals surface area contributed by atoms with Crippen LogP contribution in [-0.4, -0.2) is 47.2 Å². The van der Waals surface area contributed by atoms with Crippen LogP contribution in [0.15, 0.2) is 0 Å². The highest BCUT2D eigenvalue weighted by atomic mass is 16.4. The minimum absolute atomic E-state index is 0.628. The van der Waals surface area contributed by atoms with Crippen molar-refractivity contribution in [3.63, 3.8) is 0 Å². The van der Waals surface area contributed by atoms with Gasteiger partial charge in [-0.05, 0) is 64.6 Å². The van der Waals surface area contributed by atoms with Gasteiger partial charge in [0.05, 0.1) is 0 Å². The van der Waals surface area contributed by atoms with Gasteiger partial charge in [0.15, 0.2) is 0 Å². The molecule has 1 aliphatic heterocycles. The van der Waals surface area contributed by atoms with Gasteiger partial charge in [0.25, 0.3) is 0 Å². The highest BCUT2D eigenvalue weighted by Crippen LogP contribution is 2.24. The Hall–Kier alpha value is -0.610. The summed E-state index contributed by atoms with van der Waals surface area (Å²) in [6, 6.07) is 0.628. The quantitative estimate of drug-likeness (QED) is 0.719. The van der Waals surface area contributed by atoms with E-state index in [1.165, 1.54) is 19.4 Å². The van der Waals surface area contributed by atoms with Crippen LogP contribution >= 0.6 is 0 Å². The minimum Gasteiger partial charge on any atom is -0.480 e. The Bertz CT molecular complexity index is 309. The molecule has 3 atom stereocenters. The molecule has 20 heavy (non-hydrogen) atoms. The molecule has 1 saturated heterocycles. The maximum Gasteiger partial charge on any atom is 0.323 e. The normalized spacial score (nSPS) is 27.2. The second-order valence-corrected chi connectivity index (χ2v) is 6.27. The predicted octanol–water partition coefficient (Wildman–Crippen LogP) is 2.73. The van der Waals surface area contributed by atoms with Crippen molar-refractivity contribution in [2.45, 2.75) is 71.4 Å². The monoisotopic (exact) mass is 284 g/mol. The average Bonchev–Trinajstić information content (AvgIpc) is 2.42. The zero-order chi connectivity index (χ0) is 15.2. The lowest BCUT2D eigenvalue weighted by atomic mass is 9.88. The van der Waals surface area contributed by atoms with E-state index in [-0.39, 0.29) is 0 Å². The third-order valence-electron chi connectivity index (χ3n) is 5.08. The summed E-state index contributed by atoms with van der Waals surface area (Å²) in [5.41, 5.74) is -0.737. The number of likely N-dealkylation sites (tertiary alicyclic amines) is 1. The molecule has 0 aliphatic carbocycles. The Kier molecular flexibility index (Phi) is 6.96. The maximum atomic E-state index is 11.6. The molecule has 1 fully saturated rings. The van der Waals surface area contributed by atoms with E-state index in [0.717, 1.165) is 18.9 Å². The fraction of sp³-hybridized carbons (Fsp3) is 0.938. The smallest absolute Gasteiger partial charge is 0.323 e. The van der Waals surface area contributed by atoms with Crippen molar-refractivity contribution in [1.29, 1.82) is 0 Å². The van der Waals surface area contributed by atoms with Crippen LogP contribution < -0.4 is 5.32 Å². The summed E-state index contributed by atoms with van der Waals surface area (Å²) in [6.07, 6.45) is 4.90. The topological polar surface area (TPSA) is 52.6 Å². The number of carboxylic acids is 1. The van der Waals surface area contributed by atoms with Gasteiger partial charge in [-0.15, -0.1) is 0 Å². The van der Waals surface area contributed by atoms with Gasteiger partial charge in [0.1, 0.15) is 5.54 Å². The molecule has 4 nitrogen and oxygen atoms in total. The van der Waals surface area contributed by atoms with Gasteiger partial charge < -0.3 is 15.3 Å². The van der Waals surface area contributed by atoms with Crippen molar-refractivity contribution < 1.29 is 9.90 Å². The van der Waals surface area contributed by atoms with Gasteiger partial charge in [0.2, 0.25) is 0 Å². The highest BCUT2D eigenvalue weighted by Gasteiger charge is 2.35. The number of nitrogens with one attached hydrogen (secondary N) is 1. The number of carboxylic acid groups (broad SMARTS) is 1. The van der Waals surface area contributed by atoms with Crippen LogP contribution in [0, 0.1) is 5.92 Å². The molecule has 1 rings (SSSR count). The summed E-state index contributed by atoms with van der Waals surface area (Å²) < 4.78 is 0. The molecule has 1 aliphatic rings. The Labute approximate surface area is 123 Å². The minimum atomic E-state index is -0.737. The number of nitrogens with zero attached hydrogens (tertiary/aromatic N) is 1. The van der Waals surface area contributed by atoms with Gasteiger partial charge in [-0.3, -0.25) is 4.79 Å². The van der Waals surface area contributed by atoms with E-state index >= 15 is 0 Å². The van der Waals surface area contributed by atoms with Crippen LogP contribution in [-0.2, 0) is 4.79 Å². The van der Waals surface area contributed by atoms with Gasteiger partial charge in [-0.2, -0.15) is 0 Å². The molecule has 0 bridgehead atoms. The molecule has 4 heteroatoms. The fourth-order valence-corrected chi connectivity index (χ4v) is 3.38. The van der Waals surface area contributed by atoms with Crippen molar-refractivity contribution in [2.75, 3.05) is 19.6 Å². The summed E-state index contributed by atoms with van der Waals surface area (Å²) in [5.74, 6) is 0.0508. The molecule has 1 heterocycles. The SMILES string of the molecule is CCNC(CC)(CCCN1CCCC(C)C1C)C(=O)O. The lowest BCUT2D eigenvalue weighted by molar-refractivity contribution is -0.145. The van der Waals surface area contributed by atoms with Crippen molar-refractivity contribution in [3.05, 3.63) is 0 Å². The first kappa shape index (κ1) is 17.4. The van der Waals surface area contributed by atoms with Crippen molar-refractivity contribution in [1.82, 2.24) is 10.2 Å². The van der Waals surface area contributed by atoms with Gasteiger partial charge in [0, 0.05) is 6.04 Å². The van der Waals surface area contributed by atoms with E-state index in [1.54, 1.807) is 0 Å². The van der Waals surface area contributed by atoms with Crippen molar-refractivity contribution >= 4 is 5.97 Å². The van der Waals surface area contributed by atoms with E-state index in [1.807, 2.05) is 13.8 Å². The Morgan fingerprint density at radius 3 is 2.65 bits per heavy atom. The lowest BCUT2D eigenvalue weighted by Crippen LogP contribution is -2.52. The van der Waals surface area contributed by atoms with Crippen LogP contribution in [0.5, 0.6) is 0 Å². The number of piperidine rings is 1. The van der Waals surface area contributed by atoms with E-state index in [0.29, 0.717) is 25.4 Å². The molecule has 0 spiro atoms. The molecule has 0 aromatic rings. The molecule has 2 N–H and O–H groups in total.